The molecule has 0 aromatic heterocycles. The maximum atomic E-state index is 13.5. The predicted octanol–water partition coefficient (Wildman–Crippen LogP) is 3.65. The molecule has 1 amide bonds. The van der Waals surface area contributed by atoms with Crippen LogP contribution in [-0.2, 0) is 4.74 Å². The first-order valence-corrected chi connectivity index (χ1v) is 8.36. The van der Waals surface area contributed by atoms with E-state index in [2.05, 4.69) is 19.2 Å². The molecule has 2 aromatic rings. The fourth-order valence-corrected chi connectivity index (χ4v) is 2.04. The minimum absolute atomic E-state index is 0.621. The van der Waals surface area contributed by atoms with Crippen LogP contribution in [0.5, 0.6) is 11.5 Å². The van der Waals surface area contributed by atoms with Crippen LogP contribution in [0.4, 0.5) is 35.1 Å². The number of rotatable bonds is 4. The average Bonchev–Trinajstić information content (AvgIpc) is 2.68. The number of nitrogens with zero attached hydrogens (tertiary/aromatic N) is 1. The van der Waals surface area contributed by atoms with E-state index in [1.807, 2.05) is 0 Å². The van der Waals surface area contributed by atoms with Crippen LogP contribution in [0.2, 0.25) is 0 Å². The lowest BCUT2D eigenvalue weighted by atomic mass is 10.2. The Bertz CT molecular complexity index is 1070. The summed E-state index contributed by atoms with van der Waals surface area (Å²) in [6.45, 7) is 0. The summed E-state index contributed by atoms with van der Waals surface area (Å²) in [4.78, 5) is 25.2. The van der Waals surface area contributed by atoms with Crippen molar-refractivity contribution in [1.82, 2.24) is 0 Å². The lowest BCUT2D eigenvalue weighted by molar-refractivity contribution is -0.276. The van der Waals surface area contributed by atoms with Gasteiger partial charge in [-0.15, -0.1) is 26.3 Å². The van der Waals surface area contributed by atoms with Gasteiger partial charge < -0.3 is 25.7 Å². The van der Waals surface area contributed by atoms with E-state index in [0.717, 1.165) is 43.5 Å². The van der Waals surface area contributed by atoms with E-state index in [1.165, 1.54) is 0 Å². The topological polar surface area (TPSA) is 126 Å². The lowest BCUT2D eigenvalue weighted by Crippen LogP contribution is -2.24. The number of esters is 1. The monoisotopic (exact) mass is 503 g/mol. The highest BCUT2D eigenvalue weighted by molar-refractivity contribution is 6.02. The van der Waals surface area contributed by atoms with Crippen LogP contribution < -0.4 is 20.9 Å². The molecular formula is C18H13F8N3O5. The molecule has 0 aliphatic rings. The van der Waals surface area contributed by atoms with Gasteiger partial charge >= 0.3 is 18.7 Å². The summed E-state index contributed by atoms with van der Waals surface area (Å²) in [5.74, 6) is -8.04. The molecule has 0 spiro atoms. The number of hydrogen-bond acceptors (Lipinski definition) is 5. The van der Waals surface area contributed by atoms with Crippen LogP contribution in [0.15, 0.2) is 41.4 Å². The van der Waals surface area contributed by atoms with E-state index in [4.69, 9.17) is 11.5 Å². The number of halogens is 8. The quantitative estimate of drug-likeness (QED) is 0.282. The van der Waals surface area contributed by atoms with E-state index >= 15 is 0 Å². The zero-order valence-corrected chi connectivity index (χ0v) is 16.6. The van der Waals surface area contributed by atoms with Crippen molar-refractivity contribution >= 4 is 17.8 Å². The normalized spacial score (nSPS) is 11.0. The van der Waals surface area contributed by atoms with E-state index in [9.17, 15) is 44.7 Å². The Morgan fingerprint density at radius 2 is 1.21 bits per heavy atom. The maximum Gasteiger partial charge on any atom is 0.573 e. The highest BCUT2D eigenvalue weighted by atomic mass is 19.4. The van der Waals surface area contributed by atoms with Crippen molar-refractivity contribution in [2.24, 2.45) is 16.5 Å². The minimum atomic E-state index is -5.07. The van der Waals surface area contributed by atoms with Gasteiger partial charge in [-0.25, -0.2) is 13.6 Å². The molecule has 0 radical (unpaired) electrons. The lowest BCUT2D eigenvalue weighted by Gasteiger charge is -2.10. The number of carbonyl (C=O) groups is 2. The van der Waals surface area contributed by atoms with Crippen molar-refractivity contribution in [3.05, 3.63) is 59.2 Å². The molecule has 0 aliphatic heterocycles. The van der Waals surface area contributed by atoms with Crippen molar-refractivity contribution in [2.45, 2.75) is 12.7 Å². The van der Waals surface area contributed by atoms with Crippen LogP contribution in [0.1, 0.15) is 20.7 Å². The number of alkyl halides is 6. The van der Waals surface area contributed by atoms with Gasteiger partial charge in [-0.1, -0.05) is 12.1 Å². The van der Waals surface area contributed by atoms with Crippen molar-refractivity contribution < 1.29 is 58.9 Å². The number of hydrogen-bond donors (Lipinski definition) is 2. The predicted molar refractivity (Wildman–Crippen MR) is 97.6 cm³/mol. The number of benzene rings is 2. The molecule has 16 heteroatoms. The first-order chi connectivity index (χ1) is 15.6. The van der Waals surface area contributed by atoms with Gasteiger partial charge in [0.1, 0.15) is 0 Å². The largest absolute Gasteiger partial charge is 0.573 e. The van der Waals surface area contributed by atoms with E-state index < -0.39 is 64.8 Å². The molecule has 0 fully saturated rings. The van der Waals surface area contributed by atoms with Gasteiger partial charge in [-0.05, 0) is 24.3 Å². The highest BCUT2D eigenvalue weighted by Gasteiger charge is 2.34. The van der Waals surface area contributed by atoms with E-state index in [1.54, 1.807) is 0 Å². The molecular weight excluding hydrogens is 490 g/mol. The zero-order chi connectivity index (χ0) is 26.3. The summed E-state index contributed by atoms with van der Waals surface area (Å²) < 4.78 is 109. The number of aliphatic imine (C=N–C) groups is 1. The second kappa shape index (κ2) is 11.2. The van der Waals surface area contributed by atoms with Crippen LogP contribution >= 0.6 is 0 Å². The van der Waals surface area contributed by atoms with Crippen LogP contribution in [-0.4, -0.2) is 37.7 Å². The fraction of sp³-hybridized carbons (Fsp3) is 0.167. The van der Waals surface area contributed by atoms with Crippen molar-refractivity contribution in [2.75, 3.05) is 7.11 Å². The number of guanidine groups is 1. The third-order valence-electron chi connectivity index (χ3n) is 3.24. The third-order valence-corrected chi connectivity index (χ3v) is 3.24. The number of ether oxygens (including phenoxy) is 3. The molecule has 0 saturated carbocycles. The van der Waals surface area contributed by atoms with Crippen molar-refractivity contribution in [3.8, 4) is 11.5 Å². The molecule has 2 rings (SSSR count). The molecule has 0 bridgehead atoms. The summed E-state index contributed by atoms with van der Waals surface area (Å²) in [5.41, 5.74) is 8.44. The van der Waals surface area contributed by atoms with Gasteiger partial charge in [0, 0.05) is 0 Å². The molecule has 0 atom stereocenters. The Balaban J connectivity index is 0.000000342. The number of methoxy groups -OCH3 is 1. The SMILES string of the molecule is COC(=O)c1cccc(OC(F)(F)F)c1F.NC(N)=NC(=O)c1cccc(OC(F)(F)F)c1F. The average molecular weight is 503 g/mol. The first-order valence-electron chi connectivity index (χ1n) is 8.36. The van der Waals surface area contributed by atoms with Gasteiger partial charge in [0.05, 0.1) is 18.2 Å². The molecule has 0 unspecified atom stereocenters. The Kier molecular flexibility index (Phi) is 9.16. The second-order valence-corrected chi connectivity index (χ2v) is 5.66. The summed E-state index contributed by atoms with van der Waals surface area (Å²) in [7, 11) is 0.985. The third kappa shape index (κ3) is 8.79. The van der Waals surface area contributed by atoms with E-state index in [-0.39, 0.29) is 0 Å². The van der Waals surface area contributed by atoms with Crippen LogP contribution in [0, 0.1) is 11.6 Å². The Morgan fingerprint density at radius 3 is 1.59 bits per heavy atom. The van der Waals surface area contributed by atoms with Crippen molar-refractivity contribution in [1.29, 1.82) is 0 Å². The zero-order valence-electron chi connectivity index (χ0n) is 16.6. The number of amides is 1. The van der Waals surface area contributed by atoms with Gasteiger partial charge in [0.15, 0.2) is 29.1 Å². The standard InChI is InChI=1S/C9H7F4N3O2.C9H6F4O3/c10-6-4(7(17)16-8(14)15)2-1-3-5(6)18-9(11,12)13;1-15-8(14)5-3-2-4-6(7(5)10)16-9(11,12)13/h1-3H,(H4,14,15,16,17);2-4H,1H3. The highest BCUT2D eigenvalue weighted by Crippen LogP contribution is 2.28. The molecule has 2 aromatic carbocycles. The van der Waals surface area contributed by atoms with Crippen LogP contribution in [0.3, 0.4) is 0 Å². The summed E-state index contributed by atoms with van der Waals surface area (Å²) >= 11 is 0. The summed E-state index contributed by atoms with van der Waals surface area (Å²) in [6, 6.07) is 5.44. The summed E-state index contributed by atoms with van der Waals surface area (Å²) in [5, 5.41) is 0. The number of nitrogens with two attached hydrogens (primary N) is 2. The fourth-order valence-electron chi connectivity index (χ4n) is 2.04. The van der Waals surface area contributed by atoms with Crippen LogP contribution in [0.25, 0.3) is 0 Å². The maximum absolute atomic E-state index is 13.5. The Hall–Kier alpha value is -4.11. The summed E-state index contributed by atoms with van der Waals surface area (Å²) in [6.07, 6.45) is -10.1. The Labute approximate surface area is 184 Å². The first kappa shape index (κ1) is 27.9. The molecule has 186 valence electrons. The van der Waals surface area contributed by atoms with Gasteiger partial charge in [-0.2, -0.15) is 4.99 Å². The molecule has 4 N–H and O–H groups in total. The smallest absolute Gasteiger partial charge is 0.465 e. The molecule has 0 heterocycles. The Morgan fingerprint density at radius 1 is 0.794 bits per heavy atom. The molecule has 0 aliphatic carbocycles. The van der Waals surface area contributed by atoms with Gasteiger partial charge in [0.2, 0.25) is 0 Å². The van der Waals surface area contributed by atoms with E-state index in [0.29, 0.717) is 0 Å². The second-order valence-electron chi connectivity index (χ2n) is 5.66. The van der Waals surface area contributed by atoms with Gasteiger partial charge in [0.25, 0.3) is 5.91 Å². The molecule has 34 heavy (non-hydrogen) atoms. The molecule has 8 nitrogen and oxygen atoms in total. The molecule has 0 saturated heterocycles. The van der Waals surface area contributed by atoms with Gasteiger partial charge in [-0.3, -0.25) is 4.79 Å². The van der Waals surface area contributed by atoms with Crippen molar-refractivity contribution in [3.63, 3.8) is 0 Å². The minimum Gasteiger partial charge on any atom is -0.465 e. The number of carbonyl (C=O) groups excluding carboxylic acids is 2.